The Morgan fingerprint density at radius 3 is 2.47 bits per heavy atom. The van der Waals surface area contributed by atoms with E-state index in [4.69, 9.17) is 18.9 Å². The number of methoxy groups -OCH3 is 1. The lowest BCUT2D eigenvalue weighted by Crippen LogP contribution is -2.56. The van der Waals surface area contributed by atoms with Gasteiger partial charge in [0.1, 0.15) is 42.7 Å². The maximum atomic E-state index is 13.6. The number of ether oxygens (including phenoxy) is 4. The van der Waals surface area contributed by atoms with Crippen LogP contribution in [0.3, 0.4) is 0 Å². The van der Waals surface area contributed by atoms with Gasteiger partial charge in [-0.25, -0.2) is 9.59 Å². The summed E-state index contributed by atoms with van der Waals surface area (Å²) in [6, 6.07) is 7.00. The lowest BCUT2D eigenvalue weighted by Gasteiger charge is -2.35. The first-order chi connectivity index (χ1) is 24.4. The van der Waals surface area contributed by atoms with Gasteiger partial charge < -0.3 is 39.6 Å². The highest BCUT2D eigenvalue weighted by Gasteiger charge is 2.45. The Hall–Kier alpha value is -4.49. The van der Waals surface area contributed by atoms with Crippen LogP contribution in [0.2, 0.25) is 0 Å². The molecule has 2 aromatic carbocycles. The molecule has 3 aliphatic heterocycles. The second-order valence-corrected chi connectivity index (χ2v) is 14.4. The standard InChI is InChI=1S/C38H47N3O10/c1-19(2)33(40-38(47)48-5)35(44)41-21(4)7-12-29(41)37(46)51-31-13-9-22-15-27-25-10-8-23(14-24(25)17-49-32(27)16-26(22)34(31)43)30(42)18-50-36(45)28-11-6-20(3)39-28/h8,10,14-16,19-21,28-29,31,33-34,39,43H,6-7,9,11-13,17-18H2,1-5H3,(H,40,47)/t20-,21-,28-,29-,31?,33-,34?/m0/s1. The van der Waals surface area contributed by atoms with E-state index in [1.165, 1.54) is 12.0 Å². The van der Waals surface area contributed by atoms with Crippen molar-refractivity contribution < 1.29 is 48.0 Å². The number of alkyl carbamates (subject to hydrolysis) is 1. The zero-order chi connectivity index (χ0) is 36.6. The van der Waals surface area contributed by atoms with Gasteiger partial charge in [0.15, 0.2) is 12.4 Å². The lowest BCUT2D eigenvalue weighted by atomic mass is 9.83. The van der Waals surface area contributed by atoms with Crippen LogP contribution in [0.25, 0.3) is 11.1 Å². The van der Waals surface area contributed by atoms with Crippen LogP contribution in [0.5, 0.6) is 5.75 Å². The SMILES string of the molecule is COC(=O)N[C@H](C(=O)N1[C@@H](C)CC[C@H]1C(=O)OC1CCc2cc3c(cc2C1O)OCc1cc(C(=O)COC(=O)[C@@H]2CC[C@H](C)N2)ccc1-3)C(C)C. The monoisotopic (exact) mass is 705 g/mol. The number of nitrogens with one attached hydrogen (secondary N) is 2. The highest BCUT2D eigenvalue weighted by Crippen LogP contribution is 2.44. The van der Waals surface area contributed by atoms with Gasteiger partial charge in [-0.05, 0) is 98.7 Å². The van der Waals surface area contributed by atoms with Crippen LogP contribution < -0.4 is 15.4 Å². The van der Waals surface area contributed by atoms with E-state index in [9.17, 15) is 29.1 Å². The number of amides is 2. The number of ketones is 1. The minimum atomic E-state index is -1.11. The average molecular weight is 706 g/mol. The molecule has 4 aliphatic rings. The number of aryl methyl sites for hydroxylation is 1. The summed E-state index contributed by atoms with van der Waals surface area (Å²) in [7, 11) is 1.23. The Bertz CT molecular complexity index is 1710. The van der Waals surface area contributed by atoms with Crippen molar-refractivity contribution in [2.75, 3.05) is 13.7 Å². The summed E-state index contributed by atoms with van der Waals surface area (Å²) in [5, 5.41) is 17.2. The number of hydrogen-bond acceptors (Lipinski definition) is 11. The van der Waals surface area contributed by atoms with Gasteiger partial charge in [-0.3, -0.25) is 14.4 Å². The minimum absolute atomic E-state index is 0.201. The quantitative estimate of drug-likeness (QED) is 0.197. The number of carbonyl (C=O) groups is 5. The Morgan fingerprint density at radius 2 is 1.76 bits per heavy atom. The maximum Gasteiger partial charge on any atom is 0.407 e. The van der Waals surface area contributed by atoms with E-state index in [1.807, 2.05) is 26.0 Å². The fourth-order valence-electron chi connectivity index (χ4n) is 7.65. The number of carbonyl (C=O) groups excluding carboxylic acids is 5. The van der Waals surface area contributed by atoms with Crippen molar-refractivity contribution in [3.63, 3.8) is 0 Å². The van der Waals surface area contributed by atoms with Crippen molar-refractivity contribution in [3.05, 3.63) is 52.6 Å². The van der Waals surface area contributed by atoms with Crippen molar-refractivity contribution in [1.82, 2.24) is 15.5 Å². The molecular formula is C38H47N3O10. The molecule has 2 aromatic rings. The molecule has 0 bridgehead atoms. The van der Waals surface area contributed by atoms with E-state index in [1.54, 1.807) is 32.0 Å². The third kappa shape index (κ3) is 7.45. The predicted molar refractivity (Wildman–Crippen MR) is 184 cm³/mol. The second kappa shape index (κ2) is 15.0. The zero-order valence-electron chi connectivity index (χ0n) is 29.7. The molecule has 0 radical (unpaired) electrons. The molecule has 274 valence electrons. The Balaban J connectivity index is 1.12. The van der Waals surface area contributed by atoms with Crippen molar-refractivity contribution in [2.45, 2.75) is 115 Å². The lowest BCUT2D eigenvalue weighted by molar-refractivity contribution is -0.165. The molecule has 0 saturated carbocycles. The van der Waals surface area contributed by atoms with Gasteiger partial charge in [-0.1, -0.05) is 26.0 Å². The predicted octanol–water partition coefficient (Wildman–Crippen LogP) is 3.76. The molecule has 6 rings (SSSR count). The molecule has 3 N–H and O–H groups in total. The van der Waals surface area contributed by atoms with Gasteiger partial charge in [0.05, 0.1) is 7.11 Å². The fraction of sp³-hybridized carbons (Fsp3) is 0.553. The number of aliphatic hydroxyl groups excluding tert-OH is 1. The van der Waals surface area contributed by atoms with Crippen LogP contribution in [-0.4, -0.2) is 89.8 Å². The summed E-state index contributed by atoms with van der Waals surface area (Å²) < 4.78 is 22.0. The summed E-state index contributed by atoms with van der Waals surface area (Å²) in [4.78, 5) is 65.9. The number of rotatable bonds is 9. The number of aliphatic hydroxyl groups is 1. The normalized spacial score (nSPS) is 25.5. The van der Waals surface area contributed by atoms with E-state index in [2.05, 4.69) is 10.6 Å². The van der Waals surface area contributed by atoms with Crippen LogP contribution in [0.1, 0.15) is 93.0 Å². The zero-order valence-corrected chi connectivity index (χ0v) is 29.7. The van der Waals surface area contributed by atoms with Gasteiger partial charge >= 0.3 is 18.0 Å². The van der Waals surface area contributed by atoms with E-state index in [0.29, 0.717) is 49.0 Å². The van der Waals surface area contributed by atoms with Crippen LogP contribution >= 0.6 is 0 Å². The van der Waals surface area contributed by atoms with E-state index in [-0.39, 0.29) is 48.9 Å². The number of nitrogens with zero attached hydrogens (tertiary/aromatic N) is 1. The maximum absolute atomic E-state index is 13.6. The Labute approximate surface area is 297 Å². The topological polar surface area (TPSA) is 170 Å². The molecule has 13 heteroatoms. The van der Waals surface area contributed by atoms with Crippen LogP contribution in [0.4, 0.5) is 4.79 Å². The molecule has 2 unspecified atom stereocenters. The smallest absolute Gasteiger partial charge is 0.407 e. The number of benzene rings is 2. The molecule has 2 amide bonds. The van der Waals surface area contributed by atoms with Crippen molar-refractivity contribution in [3.8, 4) is 16.9 Å². The number of esters is 2. The summed E-state index contributed by atoms with van der Waals surface area (Å²) in [5.41, 5.74) is 4.49. The summed E-state index contributed by atoms with van der Waals surface area (Å²) in [6.45, 7) is 7.34. The van der Waals surface area contributed by atoms with Gasteiger partial charge in [0.25, 0.3) is 0 Å². The second-order valence-electron chi connectivity index (χ2n) is 14.4. The van der Waals surface area contributed by atoms with Crippen LogP contribution in [0, 0.1) is 5.92 Å². The summed E-state index contributed by atoms with van der Waals surface area (Å²) >= 11 is 0. The molecule has 51 heavy (non-hydrogen) atoms. The third-order valence-corrected chi connectivity index (χ3v) is 10.6. The van der Waals surface area contributed by atoms with Crippen molar-refractivity contribution >= 4 is 29.7 Å². The molecule has 3 heterocycles. The minimum Gasteiger partial charge on any atom is -0.488 e. The van der Waals surface area contributed by atoms with Crippen LogP contribution in [0.15, 0.2) is 30.3 Å². The highest BCUT2D eigenvalue weighted by molar-refractivity contribution is 5.99. The number of likely N-dealkylation sites (tertiary alicyclic amines) is 1. The largest absolute Gasteiger partial charge is 0.488 e. The van der Waals surface area contributed by atoms with Crippen molar-refractivity contribution in [2.24, 2.45) is 5.92 Å². The van der Waals surface area contributed by atoms with Gasteiger partial charge in [0, 0.05) is 23.2 Å². The molecule has 13 nitrogen and oxygen atoms in total. The fourth-order valence-corrected chi connectivity index (χ4v) is 7.65. The molecule has 2 saturated heterocycles. The summed E-state index contributed by atoms with van der Waals surface area (Å²) in [5.74, 6) is -1.36. The molecule has 0 aromatic heterocycles. The van der Waals surface area contributed by atoms with E-state index in [0.717, 1.165) is 28.7 Å². The van der Waals surface area contributed by atoms with Gasteiger partial charge in [-0.2, -0.15) is 0 Å². The Morgan fingerprint density at radius 1 is 0.980 bits per heavy atom. The number of fused-ring (bicyclic) bond motifs is 4. The first kappa shape index (κ1) is 36.3. The highest BCUT2D eigenvalue weighted by atomic mass is 16.6. The first-order valence-electron chi connectivity index (χ1n) is 17.8. The molecule has 0 spiro atoms. The van der Waals surface area contributed by atoms with Gasteiger partial charge in [-0.15, -0.1) is 0 Å². The number of hydrogen-bond donors (Lipinski definition) is 3. The van der Waals surface area contributed by atoms with E-state index >= 15 is 0 Å². The molecular weight excluding hydrogens is 658 g/mol. The van der Waals surface area contributed by atoms with E-state index < -0.39 is 42.3 Å². The molecule has 1 aliphatic carbocycles. The molecule has 2 fully saturated rings. The third-order valence-electron chi connectivity index (χ3n) is 10.6. The van der Waals surface area contributed by atoms with Crippen LogP contribution in [-0.2, 0) is 41.6 Å². The average Bonchev–Trinajstić information content (AvgIpc) is 3.74. The Kier molecular flexibility index (Phi) is 10.7. The van der Waals surface area contributed by atoms with Gasteiger partial charge in [0.2, 0.25) is 5.91 Å². The number of Topliss-reactive ketones (excluding diaryl/α,β-unsaturated/α-hetero) is 1. The van der Waals surface area contributed by atoms with Crippen molar-refractivity contribution in [1.29, 1.82) is 0 Å². The first-order valence-corrected chi connectivity index (χ1v) is 17.8. The molecule has 7 atom stereocenters. The summed E-state index contributed by atoms with van der Waals surface area (Å²) in [6.07, 6.45) is 0.830.